The largest absolute Gasteiger partial charge is 0.309 e. The average Bonchev–Trinajstić information content (AvgIpc) is 3.52. The van der Waals surface area contributed by atoms with Crippen LogP contribution in [-0.2, 0) is 0 Å². The van der Waals surface area contributed by atoms with Crippen molar-refractivity contribution in [3.8, 4) is 35.0 Å². The molecule has 0 atom stereocenters. The second kappa shape index (κ2) is 12.6. The number of hydrogen-bond acceptors (Lipinski definition) is 3. The molecule has 0 fully saturated rings. The first kappa shape index (κ1) is 30.4. The summed E-state index contributed by atoms with van der Waals surface area (Å²) in [5.74, 6) is 0. The Balaban J connectivity index is 1.44. The number of hydrogen-bond donors (Lipinski definition) is 0. The van der Waals surface area contributed by atoms with E-state index < -0.39 is 8.07 Å². The van der Waals surface area contributed by atoms with Crippen molar-refractivity contribution in [2.24, 2.45) is 0 Å². The third-order valence-electron chi connectivity index (χ3n) is 9.61. The summed E-state index contributed by atoms with van der Waals surface area (Å²) < 4.78 is 2.20. The van der Waals surface area contributed by atoms with Crippen LogP contribution in [0.1, 0.15) is 16.7 Å². The molecule has 232 valence electrons. The Kier molecular flexibility index (Phi) is 7.63. The van der Waals surface area contributed by atoms with E-state index in [1.807, 2.05) is 48.5 Å². The average molecular weight is 653 g/mol. The number of nitrogens with zero attached hydrogens (tertiary/aromatic N) is 4. The van der Waals surface area contributed by atoms with Gasteiger partial charge >= 0.3 is 0 Å². The van der Waals surface area contributed by atoms with Crippen LogP contribution < -0.4 is 20.7 Å². The maximum absolute atomic E-state index is 10.2. The zero-order chi connectivity index (χ0) is 34.1. The standard InChI is InChI=1S/C45H28N4Si/c46-29-32-19-22-43-41(26-32)42-27-33(30-47)20-23-44(42)49(43)36-12-10-11-35(28-36)40-25-34(31-48)21-24-45(40)50(37-13-4-1-5-14-37,38-15-6-2-7-16-38)39-17-8-3-9-18-39/h1-28H. The molecule has 50 heavy (non-hydrogen) atoms. The lowest BCUT2D eigenvalue weighted by molar-refractivity contribution is 1.18. The van der Waals surface area contributed by atoms with Crippen LogP contribution >= 0.6 is 0 Å². The lowest BCUT2D eigenvalue weighted by Crippen LogP contribution is -2.75. The van der Waals surface area contributed by atoms with Crippen LogP contribution in [0.5, 0.6) is 0 Å². The van der Waals surface area contributed by atoms with Gasteiger partial charge < -0.3 is 4.57 Å². The molecule has 8 aromatic rings. The number of nitriles is 3. The van der Waals surface area contributed by atoms with E-state index in [9.17, 15) is 15.8 Å². The zero-order valence-electron chi connectivity index (χ0n) is 27.0. The summed E-state index contributed by atoms with van der Waals surface area (Å²) >= 11 is 0. The molecule has 0 aliphatic heterocycles. The van der Waals surface area contributed by atoms with Crippen LogP contribution in [0.25, 0.3) is 38.6 Å². The highest BCUT2D eigenvalue weighted by Gasteiger charge is 2.43. The van der Waals surface area contributed by atoms with E-state index in [4.69, 9.17) is 0 Å². The van der Waals surface area contributed by atoms with Crippen LogP contribution in [0.15, 0.2) is 170 Å². The van der Waals surface area contributed by atoms with Gasteiger partial charge in [-0.05, 0) is 92.5 Å². The van der Waals surface area contributed by atoms with Crippen LogP contribution in [-0.4, -0.2) is 12.6 Å². The third-order valence-corrected chi connectivity index (χ3v) is 14.5. The molecule has 0 spiro atoms. The monoisotopic (exact) mass is 652 g/mol. The van der Waals surface area contributed by atoms with Crippen LogP contribution in [0.4, 0.5) is 0 Å². The fourth-order valence-electron chi connectivity index (χ4n) is 7.46. The van der Waals surface area contributed by atoms with Gasteiger partial charge in [0.05, 0.1) is 45.9 Å². The summed E-state index contributed by atoms with van der Waals surface area (Å²) in [5.41, 5.74) is 6.55. The summed E-state index contributed by atoms with van der Waals surface area (Å²) in [6.45, 7) is 0. The Labute approximate surface area is 291 Å². The van der Waals surface area contributed by atoms with Crippen molar-refractivity contribution in [2.45, 2.75) is 0 Å². The van der Waals surface area contributed by atoms with Gasteiger partial charge in [0.15, 0.2) is 8.07 Å². The highest BCUT2D eigenvalue weighted by molar-refractivity contribution is 7.20. The van der Waals surface area contributed by atoms with Gasteiger partial charge in [-0.3, -0.25) is 0 Å². The van der Waals surface area contributed by atoms with E-state index in [1.54, 1.807) is 0 Å². The smallest absolute Gasteiger partial charge is 0.180 e. The zero-order valence-corrected chi connectivity index (χ0v) is 28.0. The van der Waals surface area contributed by atoms with Crippen LogP contribution in [0, 0.1) is 34.0 Å². The minimum absolute atomic E-state index is 0.564. The first-order chi connectivity index (χ1) is 24.6. The van der Waals surface area contributed by atoms with Crippen LogP contribution in [0.3, 0.4) is 0 Å². The summed E-state index contributed by atoms with van der Waals surface area (Å²) in [6, 6.07) is 65.3. The minimum Gasteiger partial charge on any atom is -0.309 e. The van der Waals surface area contributed by atoms with Gasteiger partial charge in [0.2, 0.25) is 0 Å². The van der Waals surface area contributed by atoms with Gasteiger partial charge in [-0.2, -0.15) is 15.8 Å². The van der Waals surface area contributed by atoms with E-state index in [0.29, 0.717) is 16.7 Å². The topological polar surface area (TPSA) is 76.3 Å². The van der Waals surface area contributed by atoms with E-state index in [1.165, 1.54) is 20.7 Å². The summed E-state index contributed by atoms with van der Waals surface area (Å²) in [5, 5.41) is 36.4. The lowest BCUT2D eigenvalue weighted by Gasteiger charge is -2.36. The molecular formula is C45H28N4Si. The summed E-state index contributed by atoms with van der Waals surface area (Å²) in [7, 11) is -2.93. The molecule has 1 heterocycles. The fraction of sp³-hybridized carbons (Fsp3) is 0. The Hall–Kier alpha value is -6.97. The van der Waals surface area contributed by atoms with Gasteiger partial charge in [-0.25, -0.2) is 0 Å². The van der Waals surface area contributed by atoms with Crippen molar-refractivity contribution in [2.75, 3.05) is 0 Å². The molecule has 0 amide bonds. The van der Waals surface area contributed by atoms with E-state index in [-0.39, 0.29) is 0 Å². The fourth-order valence-corrected chi connectivity index (χ4v) is 12.4. The van der Waals surface area contributed by atoms with Gasteiger partial charge in [0.25, 0.3) is 0 Å². The first-order valence-electron chi connectivity index (χ1n) is 16.4. The predicted octanol–water partition coefficient (Wildman–Crippen LogP) is 7.44. The van der Waals surface area contributed by atoms with Gasteiger partial charge in [-0.1, -0.05) is 109 Å². The molecule has 0 radical (unpaired) electrons. The number of benzene rings is 7. The quantitative estimate of drug-likeness (QED) is 0.138. The molecule has 7 aromatic carbocycles. The normalized spacial score (nSPS) is 11.1. The molecule has 0 saturated heterocycles. The third kappa shape index (κ3) is 4.88. The molecule has 0 aliphatic rings. The molecule has 0 saturated carbocycles. The highest BCUT2D eigenvalue weighted by atomic mass is 28.3. The Morgan fingerprint density at radius 2 is 0.880 bits per heavy atom. The van der Waals surface area contributed by atoms with E-state index in [2.05, 4.69) is 144 Å². The van der Waals surface area contributed by atoms with Crippen molar-refractivity contribution >= 4 is 50.6 Å². The SMILES string of the molecule is N#Cc1ccc([Si](c2ccccc2)(c2ccccc2)c2ccccc2)c(-c2cccc(-n3c4ccc(C#N)cc4c4cc(C#N)ccc43)c2)c1. The van der Waals surface area contributed by atoms with Gasteiger partial charge in [0, 0.05) is 16.5 Å². The molecule has 0 unspecified atom stereocenters. The van der Waals surface area contributed by atoms with Gasteiger partial charge in [0.1, 0.15) is 0 Å². The number of fused-ring (bicyclic) bond motifs is 3. The second-order valence-electron chi connectivity index (χ2n) is 12.3. The minimum atomic E-state index is -2.93. The summed E-state index contributed by atoms with van der Waals surface area (Å²) in [6.07, 6.45) is 0. The Morgan fingerprint density at radius 3 is 1.36 bits per heavy atom. The molecule has 0 bridgehead atoms. The van der Waals surface area contributed by atoms with Crippen molar-refractivity contribution in [3.05, 3.63) is 187 Å². The van der Waals surface area contributed by atoms with Crippen molar-refractivity contribution in [1.82, 2.24) is 4.57 Å². The Bertz CT molecular complexity index is 2510. The molecule has 4 nitrogen and oxygen atoms in total. The number of rotatable bonds is 6. The van der Waals surface area contributed by atoms with E-state index in [0.717, 1.165) is 38.6 Å². The summed E-state index contributed by atoms with van der Waals surface area (Å²) in [4.78, 5) is 0. The molecule has 0 N–H and O–H groups in total. The predicted molar refractivity (Wildman–Crippen MR) is 204 cm³/mol. The Morgan fingerprint density at radius 1 is 0.420 bits per heavy atom. The maximum Gasteiger partial charge on any atom is 0.180 e. The maximum atomic E-state index is 10.2. The van der Waals surface area contributed by atoms with Crippen molar-refractivity contribution < 1.29 is 0 Å². The van der Waals surface area contributed by atoms with Crippen molar-refractivity contribution in [1.29, 1.82) is 15.8 Å². The van der Waals surface area contributed by atoms with E-state index >= 15 is 0 Å². The van der Waals surface area contributed by atoms with Crippen molar-refractivity contribution in [3.63, 3.8) is 0 Å². The van der Waals surface area contributed by atoms with Crippen LogP contribution in [0.2, 0.25) is 0 Å². The molecule has 1 aromatic heterocycles. The first-order valence-corrected chi connectivity index (χ1v) is 18.4. The van der Waals surface area contributed by atoms with Gasteiger partial charge in [-0.15, -0.1) is 0 Å². The molecule has 0 aliphatic carbocycles. The highest BCUT2D eigenvalue weighted by Crippen LogP contribution is 2.35. The molecule has 5 heteroatoms. The molecule has 8 rings (SSSR count). The number of aromatic nitrogens is 1. The molecular weight excluding hydrogens is 625 g/mol. The second-order valence-corrected chi connectivity index (χ2v) is 16.1. The lowest BCUT2D eigenvalue weighted by atomic mass is 10.0.